The molecule has 0 amide bonds. The van der Waals surface area contributed by atoms with Gasteiger partial charge in [0, 0.05) is 11.4 Å². The molecule has 0 aromatic carbocycles. The van der Waals surface area contributed by atoms with Crippen LogP contribution in [0.2, 0.25) is 0 Å². The van der Waals surface area contributed by atoms with Crippen molar-refractivity contribution in [1.82, 2.24) is 14.9 Å². The van der Waals surface area contributed by atoms with Crippen LogP contribution in [-0.2, 0) is 24.1 Å². The lowest BCUT2D eigenvalue weighted by molar-refractivity contribution is 0.0241. The minimum atomic E-state index is -0.582. The maximum absolute atomic E-state index is 12.7. The molecule has 27 heavy (non-hydrogen) atoms. The second-order valence-electron chi connectivity index (χ2n) is 7.12. The van der Waals surface area contributed by atoms with Crippen molar-refractivity contribution < 1.29 is 9.84 Å². The average molecular weight is 392 g/mol. The van der Waals surface area contributed by atoms with Crippen molar-refractivity contribution in [2.45, 2.75) is 51.7 Å². The number of H-pyrrole nitrogens is 1. The van der Waals surface area contributed by atoms with Gasteiger partial charge in [-0.15, -0.1) is 17.9 Å². The highest BCUT2D eigenvalue weighted by Gasteiger charge is 2.20. The first-order valence-corrected chi connectivity index (χ1v) is 10.6. The van der Waals surface area contributed by atoms with Crippen LogP contribution in [0.25, 0.3) is 10.2 Å². The van der Waals surface area contributed by atoms with Crippen molar-refractivity contribution >= 4 is 21.6 Å². The lowest BCUT2D eigenvalue weighted by Crippen LogP contribution is -2.36. The fraction of sp³-hybridized carbons (Fsp3) is 0.600. The molecule has 0 radical (unpaired) electrons. The van der Waals surface area contributed by atoms with Crippen molar-refractivity contribution in [1.29, 1.82) is 0 Å². The standard InChI is InChI=1S/C20H29N3O3S/c1-3-9-23(11-14(24)13-26-10-4-2)12-17-21-19(25)18-15-7-5-6-8-16(15)27-20(18)22-17/h4,14,24H,2-3,5-13H2,1H3,(H,21,22,25). The summed E-state index contributed by atoms with van der Waals surface area (Å²) in [4.78, 5) is 24.7. The van der Waals surface area contributed by atoms with Crippen LogP contribution in [0.15, 0.2) is 17.4 Å². The molecule has 0 spiro atoms. The van der Waals surface area contributed by atoms with E-state index in [0.29, 0.717) is 25.5 Å². The monoisotopic (exact) mass is 391 g/mol. The summed E-state index contributed by atoms with van der Waals surface area (Å²) < 4.78 is 5.33. The highest BCUT2D eigenvalue weighted by molar-refractivity contribution is 7.18. The largest absolute Gasteiger partial charge is 0.389 e. The number of hydrogen-bond donors (Lipinski definition) is 2. The number of hydrogen-bond acceptors (Lipinski definition) is 6. The van der Waals surface area contributed by atoms with Gasteiger partial charge in [0.1, 0.15) is 10.7 Å². The lowest BCUT2D eigenvalue weighted by Gasteiger charge is -2.24. The second-order valence-corrected chi connectivity index (χ2v) is 8.20. The van der Waals surface area contributed by atoms with Gasteiger partial charge in [0.15, 0.2) is 0 Å². The van der Waals surface area contributed by atoms with E-state index in [-0.39, 0.29) is 12.2 Å². The quantitative estimate of drug-likeness (QED) is 0.481. The van der Waals surface area contributed by atoms with Gasteiger partial charge in [-0.25, -0.2) is 4.98 Å². The first kappa shape index (κ1) is 20.2. The molecule has 148 valence electrons. The fourth-order valence-electron chi connectivity index (χ4n) is 3.68. The third kappa shape index (κ3) is 5.04. The van der Waals surface area contributed by atoms with Gasteiger partial charge in [-0.05, 0) is 44.2 Å². The number of nitrogens with zero attached hydrogens (tertiary/aromatic N) is 2. The van der Waals surface area contributed by atoms with Gasteiger partial charge in [0.2, 0.25) is 0 Å². The summed E-state index contributed by atoms with van der Waals surface area (Å²) >= 11 is 1.67. The molecule has 0 fully saturated rings. The Morgan fingerprint density at radius 2 is 2.26 bits per heavy atom. The van der Waals surface area contributed by atoms with Crippen LogP contribution in [-0.4, -0.2) is 52.4 Å². The minimum Gasteiger partial charge on any atom is -0.389 e. The zero-order chi connectivity index (χ0) is 19.2. The van der Waals surface area contributed by atoms with Crippen LogP contribution in [0.5, 0.6) is 0 Å². The third-order valence-corrected chi connectivity index (χ3v) is 5.99. The molecule has 2 aromatic heterocycles. The smallest absolute Gasteiger partial charge is 0.259 e. The molecule has 1 aliphatic carbocycles. The van der Waals surface area contributed by atoms with Crippen LogP contribution < -0.4 is 5.56 Å². The molecular weight excluding hydrogens is 362 g/mol. The average Bonchev–Trinajstić information content (AvgIpc) is 3.00. The molecule has 7 heteroatoms. The SMILES string of the molecule is C=CCOCC(O)CN(CCC)Cc1nc2sc3c(c2c(=O)[nH]1)CCCC3. The van der Waals surface area contributed by atoms with Crippen molar-refractivity contribution in [3.63, 3.8) is 0 Å². The number of nitrogens with one attached hydrogen (secondary N) is 1. The normalized spacial score (nSPS) is 15.2. The number of rotatable bonds is 10. The van der Waals surface area contributed by atoms with Crippen LogP contribution in [0.3, 0.4) is 0 Å². The Bertz CT molecular complexity index is 830. The number of ether oxygens (including phenoxy) is 1. The molecule has 1 unspecified atom stereocenters. The fourth-order valence-corrected chi connectivity index (χ4v) is 4.97. The summed E-state index contributed by atoms with van der Waals surface area (Å²) in [5.74, 6) is 0.666. The van der Waals surface area contributed by atoms with Gasteiger partial charge in [-0.2, -0.15) is 0 Å². The van der Waals surface area contributed by atoms with Gasteiger partial charge in [0.25, 0.3) is 5.56 Å². The summed E-state index contributed by atoms with van der Waals surface area (Å²) in [5.41, 5.74) is 1.18. The van der Waals surface area contributed by atoms with E-state index in [2.05, 4.69) is 23.4 Å². The zero-order valence-electron chi connectivity index (χ0n) is 16.0. The molecule has 2 heterocycles. The minimum absolute atomic E-state index is 0.0271. The van der Waals surface area contributed by atoms with Gasteiger partial charge < -0.3 is 14.8 Å². The van der Waals surface area contributed by atoms with E-state index >= 15 is 0 Å². The van der Waals surface area contributed by atoms with Crippen molar-refractivity contribution in [3.05, 3.63) is 39.3 Å². The molecule has 1 atom stereocenters. The number of aryl methyl sites for hydroxylation is 2. The Hall–Kier alpha value is -1.54. The highest BCUT2D eigenvalue weighted by Crippen LogP contribution is 2.33. The summed E-state index contributed by atoms with van der Waals surface area (Å²) in [7, 11) is 0. The van der Waals surface area contributed by atoms with E-state index < -0.39 is 6.10 Å². The maximum atomic E-state index is 12.7. The molecule has 2 N–H and O–H groups in total. The summed E-state index contributed by atoms with van der Waals surface area (Å²) in [6.07, 6.45) is 6.43. The number of thiophene rings is 1. The van der Waals surface area contributed by atoms with Crippen molar-refractivity contribution in [3.8, 4) is 0 Å². The zero-order valence-corrected chi connectivity index (χ0v) is 16.8. The van der Waals surface area contributed by atoms with E-state index in [0.717, 1.165) is 42.4 Å². The second kappa shape index (κ2) is 9.59. The Kier molecular flexibility index (Phi) is 7.18. The first-order valence-electron chi connectivity index (χ1n) is 9.74. The Labute approximate surface area is 163 Å². The third-order valence-electron chi connectivity index (χ3n) is 4.80. The Morgan fingerprint density at radius 1 is 1.44 bits per heavy atom. The Morgan fingerprint density at radius 3 is 3.04 bits per heavy atom. The summed E-state index contributed by atoms with van der Waals surface area (Å²) in [5, 5.41) is 11.0. The number of fused-ring (bicyclic) bond motifs is 3. The van der Waals surface area contributed by atoms with E-state index in [9.17, 15) is 9.90 Å². The number of aromatic nitrogens is 2. The van der Waals surface area contributed by atoms with E-state index in [1.165, 1.54) is 16.9 Å². The summed E-state index contributed by atoms with van der Waals surface area (Å²) in [6, 6.07) is 0. The van der Waals surface area contributed by atoms with Crippen molar-refractivity contribution in [2.24, 2.45) is 0 Å². The molecular formula is C20H29N3O3S. The molecule has 3 rings (SSSR count). The Balaban J connectivity index is 1.74. The predicted octanol–water partition coefficient (Wildman–Crippen LogP) is 2.64. The van der Waals surface area contributed by atoms with Crippen LogP contribution in [0.4, 0.5) is 0 Å². The molecule has 0 bridgehead atoms. The number of aliphatic hydroxyl groups is 1. The van der Waals surface area contributed by atoms with Crippen LogP contribution >= 0.6 is 11.3 Å². The van der Waals surface area contributed by atoms with Gasteiger partial charge in [-0.1, -0.05) is 13.0 Å². The maximum Gasteiger partial charge on any atom is 0.259 e. The molecule has 0 aliphatic heterocycles. The molecule has 0 saturated heterocycles. The van der Waals surface area contributed by atoms with Crippen LogP contribution in [0.1, 0.15) is 42.5 Å². The summed E-state index contributed by atoms with van der Waals surface area (Å²) in [6.45, 7) is 8.22. The van der Waals surface area contributed by atoms with Gasteiger partial charge in [-0.3, -0.25) is 9.69 Å². The van der Waals surface area contributed by atoms with Crippen LogP contribution in [0, 0.1) is 0 Å². The number of aromatic amines is 1. The highest BCUT2D eigenvalue weighted by atomic mass is 32.1. The number of aliphatic hydroxyl groups excluding tert-OH is 1. The first-order chi connectivity index (χ1) is 13.1. The van der Waals surface area contributed by atoms with Crippen molar-refractivity contribution in [2.75, 3.05) is 26.3 Å². The molecule has 2 aromatic rings. The van der Waals surface area contributed by atoms with Gasteiger partial charge in [0.05, 0.1) is 31.2 Å². The van der Waals surface area contributed by atoms with Gasteiger partial charge >= 0.3 is 0 Å². The molecule has 0 saturated carbocycles. The topological polar surface area (TPSA) is 78.5 Å². The molecule has 1 aliphatic rings. The lowest BCUT2D eigenvalue weighted by atomic mass is 9.97. The van der Waals surface area contributed by atoms with E-state index in [4.69, 9.17) is 9.72 Å². The molecule has 6 nitrogen and oxygen atoms in total. The van der Waals surface area contributed by atoms with E-state index in [1.54, 1.807) is 17.4 Å². The van der Waals surface area contributed by atoms with E-state index in [1.807, 2.05) is 0 Å². The predicted molar refractivity (Wildman–Crippen MR) is 109 cm³/mol.